The molecule has 3 N–H and O–H groups in total. The maximum atomic E-state index is 10.8. The molecule has 19 heavy (non-hydrogen) atoms. The molecule has 7 nitrogen and oxygen atoms in total. The summed E-state index contributed by atoms with van der Waals surface area (Å²) >= 11 is 0. The quantitative estimate of drug-likeness (QED) is 0.212. The molecular formula is C10H25IN4O3S. The summed E-state index contributed by atoms with van der Waals surface area (Å²) in [6.07, 6.45) is 1.13. The summed E-state index contributed by atoms with van der Waals surface area (Å²) in [6.45, 7) is 7.30. The van der Waals surface area contributed by atoms with E-state index in [1.807, 2.05) is 13.8 Å². The van der Waals surface area contributed by atoms with Gasteiger partial charge in [-0.2, -0.15) is 0 Å². The van der Waals surface area contributed by atoms with Crippen LogP contribution in [0.15, 0.2) is 4.99 Å². The molecule has 0 aromatic rings. The summed E-state index contributed by atoms with van der Waals surface area (Å²) in [5, 5.41) is 6.15. The minimum Gasteiger partial charge on any atom is -0.380 e. The highest BCUT2D eigenvalue weighted by Gasteiger charge is 1.99. The van der Waals surface area contributed by atoms with Gasteiger partial charge in [0, 0.05) is 26.2 Å². The zero-order valence-corrected chi connectivity index (χ0v) is 14.9. The molecule has 0 amide bonds. The van der Waals surface area contributed by atoms with Gasteiger partial charge in [-0.25, -0.2) is 13.1 Å². The monoisotopic (exact) mass is 408 g/mol. The van der Waals surface area contributed by atoms with Crippen LogP contribution in [0.1, 0.15) is 13.8 Å². The third kappa shape index (κ3) is 15.8. The van der Waals surface area contributed by atoms with Gasteiger partial charge in [-0.1, -0.05) is 0 Å². The second-order valence-corrected chi connectivity index (χ2v) is 5.38. The van der Waals surface area contributed by atoms with Crippen LogP contribution in [0.2, 0.25) is 0 Å². The van der Waals surface area contributed by atoms with E-state index < -0.39 is 10.0 Å². The number of hydrogen-bond acceptors (Lipinski definition) is 4. The topological polar surface area (TPSA) is 91.8 Å². The summed E-state index contributed by atoms with van der Waals surface area (Å²) in [5.74, 6) is 0.660. The average Bonchev–Trinajstić information content (AvgIpc) is 2.28. The predicted octanol–water partition coefficient (Wildman–Crippen LogP) is -0.255. The van der Waals surface area contributed by atoms with Crippen molar-refractivity contribution >= 4 is 40.0 Å². The number of hydrogen-bond donors (Lipinski definition) is 3. The Morgan fingerprint density at radius 2 is 1.89 bits per heavy atom. The first-order valence-corrected chi connectivity index (χ1v) is 7.93. The number of halogens is 1. The Balaban J connectivity index is 0. The van der Waals surface area contributed by atoms with E-state index in [-0.39, 0.29) is 24.0 Å². The second kappa shape index (κ2) is 12.9. The standard InChI is InChI=1S/C10H24N4O3S.HI/c1-4-11-10(13-8-9-17-5-2)12-6-7-14-18(3,15)16;/h14H,4-9H2,1-3H3,(H2,11,12,13);1H. The first-order chi connectivity index (χ1) is 8.49. The number of aliphatic imine (C=N–C) groups is 1. The lowest BCUT2D eigenvalue weighted by Gasteiger charge is -2.11. The number of ether oxygens (including phenoxy) is 1. The Morgan fingerprint density at radius 1 is 1.21 bits per heavy atom. The lowest BCUT2D eigenvalue weighted by atomic mass is 10.6. The predicted molar refractivity (Wildman–Crippen MR) is 88.7 cm³/mol. The number of sulfonamides is 1. The van der Waals surface area contributed by atoms with Crippen LogP contribution in [0.5, 0.6) is 0 Å². The molecule has 0 aromatic carbocycles. The van der Waals surface area contributed by atoms with Gasteiger partial charge in [-0.3, -0.25) is 4.99 Å². The Bertz CT molecular complexity index is 336. The third-order valence-electron chi connectivity index (χ3n) is 1.83. The molecule has 0 saturated carbocycles. The van der Waals surface area contributed by atoms with Crippen molar-refractivity contribution in [2.45, 2.75) is 13.8 Å². The minimum atomic E-state index is -3.14. The molecule has 0 aromatic heterocycles. The smallest absolute Gasteiger partial charge is 0.208 e. The molecule has 0 aliphatic heterocycles. The molecule has 0 rings (SSSR count). The van der Waals surface area contributed by atoms with Crippen LogP contribution in [-0.2, 0) is 14.8 Å². The van der Waals surface area contributed by atoms with Gasteiger partial charge in [0.05, 0.1) is 19.4 Å². The molecule has 0 atom stereocenters. The first kappa shape index (κ1) is 21.2. The van der Waals surface area contributed by atoms with Crippen LogP contribution in [0.25, 0.3) is 0 Å². The van der Waals surface area contributed by atoms with Crippen molar-refractivity contribution in [3.63, 3.8) is 0 Å². The summed E-state index contributed by atoms with van der Waals surface area (Å²) < 4.78 is 29.3. The van der Waals surface area contributed by atoms with Gasteiger partial charge in [0.1, 0.15) is 0 Å². The van der Waals surface area contributed by atoms with E-state index in [4.69, 9.17) is 4.74 Å². The summed E-state index contributed by atoms with van der Waals surface area (Å²) in [4.78, 5) is 4.23. The summed E-state index contributed by atoms with van der Waals surface area (Å²) in [6, 6.07) is 0. The zero-order valence-electron chi connectivity index (χ0n) is 11.7. The third-order valence-corrected chi connectivity index (χ3v) is 2.56. The van der Waals surface area contributed by atoms with Crippen LogP contribution in [0.3, 0.4) is 0 Å². The van der Waals surface area contributed by atoms with E-state index in [1.54, 1.807) is 0 Å². The average molecular weight is 408 g/mol. The molecule has 0 fully saturated rings. The fourth-order valence-corrected chi connectivity index (χ4v) is 1.59. The Hall–Kier alpha value is -0.130. The Labute approximate surface area is 133 Å². The van der Waals surface area contributed by atoms with Crippen LogP contribution >= 0.6 is 24.0 Å². The van der Waals surface area contributed by atoms with Gasteiger partial charge in [0.25, 0.3) is 0 Å². The van der Waals surface area contributed by atoms with Crippen molar-refractivity contribution in [2.24, 2.45) is 4.99 Å². The van der Waals surface area contributed by atoms with Crippen molar-refractivity contribution in [1.29, 1.82) is 0 Å². The summed E-state index contributed by atoms with van der Waals surface area (Å²) in [5.41, 5.74) is 0. The van der Waals surface area contributed by atoms with Crippen molar-refractivity contribution in [2.75, 3.05) is 45.6 Å². The molecule has 0 saturated heterocycles. The normalized spacial score (nSPS) is 11.8. The first-order valence-electron chi connectivity index (χ1n) is 6.04. The van der Waals surface area contributed by atoms with Crippen molar-refractivity contribution < 1.29 is 13.2 Å². The molecule has 9 heteroatoms. The molecule has 0 heterocycles. The van der Waals surface area contributed by atoms with Gasteiger partial charge < -0.3 is 15.4 Å². The van der Waals surface area contributed by atoms with Crippen molar-refractivity contribution in [3.05, 3.63) is 0 Å². The van der Waals surface area contributed by atoms with Gasteiger partial charge in [0.2, 0.25) is 10.0 Å². The van der Waals surface area contributed by atoms with Crippen LogP contribution < -0.4 is 15.4 Å². The number of rotatable bonds is 9. The van der Waals surface area contributed by atoms with Crippen LogP contribution in [-0.4, -0.2) is 60.0 Å². The van der Waals surface area contributed by atoms with E-state index in [9.17, 15) is 8.42 Å². The number of nitrogens with one attached hydrogen (secondary N) is 3. The zero-order chi connectivity index (χ0) is 13.9. The molecule has 116 valence electrons. The number of guanidine groups is 1. The van der Waals surface area contributed by atoms with Crippen LogP contribution in [0, 0.1) is 0 Å². The molecule has 0 aliphatic carbocycles. The van der Waals surface area contributed by atoms with Crippen molar-refractivity contribution in [3.8, 4) is 0 Å². The number of nitrogens with zero attached hydrogens (tertiary/aromatic N) is 1. The van der Waals surface area contributed by atoms with Crippen molar-refractivity contribution in [1.82, 2.24) is 15.4 Å². The lowest BCUT2D eigenvalue weighted by molar-refractivity contribution is 0.152. The summed E-state index contributed by atoms with van der Waals surface area (Å²) in [7, 11) is -3.14. The van der Waals surface area contributed by atoms with E-state index in [0.29, 0.717) is 38.8 Å². The fraction of sp³-hybridized carbons (Fsp3) is 0.900. The van der Waals surface area contributed by atoms with Gasteiger partial charge in [-0.15, -0.1) is 24.0 Å². The van der Waals surface area contributed by atoms with E-state index >= 15 is 0 Å². The van der Waals surface area contributed by atoms with Crippen LogP contribution in [0.4, 0.5) is 0 Å². The maximum Gasteiger partial charge on any atom is 0.208 e. The molecule has 0 bridgehead atoms. The molecule has 0 radical (unpaired) electrons. The molecular weight excluding hydrogens is 383 g/mol. The largest absolute Gasteiger partial charge is 0.380 e. The Morgan fingerprint density at radius 3 is 2.42 bits per heavy atom. The molecule has 0 aliphatic rings. The minimum absolute atomic E-state index is 0. The second-order valence-electron chi connectivity index (χ2n) is 3.55. The highest BCUT2D eigenvalue weighted by Crippen LogP contribution is 1.77. The highest BCUT2D eigenvalue weighted by atomic mass is 127. The lowest BCUT2D eigenvalue weighted by Crippen LogP contribution is -2.39. The van der Waals surface area contributed by atoms with E-state index in [2.05, 4.69) is 20.3 Å². The maximum absolute atomic E-state index is 10.8. The van der Waals surface area contributed by atoms with Gasteiger partial charge in [0.15, 0.2) is 5.96 Å². The highest BCUT2D eigenvalue weighted by molar-refractivity contribution is 14.0. The molecule has 0 spiro atoms. The van der Waals surface area contributed by atoms with E-state index in [0.717, 1.165) is 12.8 Å². The van der Waals surface area contributed by atoms with E-state index in [1.165, 1.54) is 0 Å². The molecule has 0 unspecified atom stereocenters. The van der Waals surface area contributed by atoms with Gasteiger partial charge in [-0.05, 0) is 13.8 Å². The fourth-order valence-electron chi connectivity index (χ4n) is 1.13. The SMILES string of the molecule is CCNC(=NCCNS(C)(=O)=O)NCCOCC.I. The Kier molecular flexibility index (Phi) is 14.4. The van der Waals surface area contributed by atoms with Gasteiger partial charge >= 0.3 is 0 Å².